The maximum absolute atomic E-state index is 11.6. The lowest BCUT2D eigenvalue weighted by atomic mass is 10.1. The molecule has 1 amide bonds. The van der Waals surface area contributed by atoms with E-state index in [1.807, 2.05) is 4.90 Å². The Morgan fingerprint density at radius 3 is 2.93 bits per heavy atom. The van der Waals surface area contributed by atoms with E-state index in [1.165, 1.54) is 9.75 Å². The Morgan fingerprint density at radius 2 is 2.40 bits per heavy atom. The van der Waals surface area contributed by atoms with Gasteiger partial charge < -0.3 is 10.6 Å². The van der Waals surface area contributed by atoms with Crippen molar-refractivity contribution in [1.29, 1.82) is 0 Å². The molecule has 4 heteroatoms. The summed E-state index contributed by atoms with van der Waals surface area (Å²) in [7, 11) is 0. The van der Waals surface area contributed by atoms with Gasteiger partial charge in [-0.05, 0) is 31.5 Å². The van der Waals surface area contributed by atoms with Gasteiger partial charge in [-0.2, -0.15) is 0 Å². The smallest absolute Gasteiger partial charge is 0.223 e. The molecule has 1 aromatic rings. The van der Waals surface area contributed by atoms with Gasteiger partial charge in [0.25, 0.3) is 0 Å². The van der Waals surface area contributed by atoms with Crippen LogP contribution >= 0.6 is 11.3 Å². The summed E-state index contributed by atoms with van der Waals surface area (Å²) in [5.74, 6) is 0.607. The first-order chi connectivity index (χ1) is 7.19. The molecule has 0 aliphatic carbocycles. The molecule has 0 saturated carbocycles. The molecule has 3 nitrogen and oxygen atoms in total. The quantitative estimate of drug-likeness (QED) is 0.842. The van der Waals surface area contributed by atoms with E-state index in [0.717, 1.165) is 13.1 Å². The van der Waals surface area contributed by atoms with Gasteiger partial charge in [-0.15, -0.1) is 11.3 Å². The molecule has 0 radical (unpaired) electrons. The number of amides is 1. The lowest BCUT2D eigenvalue weighted by molar-refractivity contribution is -0.128. The van der Waals surface area contributed by atoms with Gasteiger partial charge in [0.05, 0.1) is 6.54 Å². The van der Waals surface area contributed by atoms with Crippen molar-refractivity contribution in [3.63, 3.8) is 0 Å². The van der Waals surface area contributed by atoms with Gasteiger partial charge in [0.15, 0.2) is 0 Å². The van der Waals surface area contributed by atoms with Gasteiger partial charge >= 0.3 is 0 Å². The van der Waals surface area contributed by atoms with Crippen LogP contribution in [-0.2, 0) is 11.3 Å². The van der Waals surface area contributed by atoms with Crippen molar-refractivity contribution in [2.75, 3.05) is 13.1 Å². The van der Waals surface area contributed by atoms with Crippen LogP contribution in [0.2, 0.25) is 0 Å². The molecule has 1 aliphatic heterocycles. The van der Waals surface area contributed by atoms with Crippen molar-refractivity contribution >= 4 is 17.2 Å². The number of carbonyl (C=O) groups is 1. The number of hydrogen-bond donors (Lipinski definition) is 1. The summed E-state index contributed by atoms with van der Waals surface area (Å²) in [6.45, 7) is 4.29. The van der Waals surface area contributed by atoms with E-state index in [9.17, 15) is 4.79 Å². The molecule has 1 unspecified atom stereocenters. The minimum Gasteiger partial charge on any atom is -0.337 e. The second-order valence-electron chi connectivity index (χ2n) is 4.09. The van der Waals surface area contributed by atoms with Crippen LogP contribution in [0.1, 0.15) is 16.2 Å². The first-order valence-electron chi connectivity index (χ1n) is 5.22. The number of rotatable bonds is 3. The zero-order valence-electron chi connectivity index (χ0n) is 8.90. The Hall–Kier alpha value is -0.870. The van der Waals surface area contributed by atoms with E-state index in [-0.39, 0.29) is 5.91 Å². The third kappa shape index (κ3) is 2.38. The average molecular weight is 224 g/mol. The van der Waals surface area contributed by atoms with Crippen molar-refractivity contribution in [1.82, 2.24) is 4.90 Å². The fraction of sp³-hybridized carbons (Fsp3) is 0.545. The highest BCUT2D eigenvalue weighted by molar-refractivity contribution is 7.11. The molecule has 0 aromatic carbocycles. The number of hydrogen-bond acceptors (Lipinski definition) is 3. The third-order valence-electron chi connectivity index (χ3n) is 2.77. The average Bonchev–Trinajstić information content (AvgIpc) is 2.75. The number of carbonyl (C=O) groups excluding carboxylic acids is 1. The summed E-state index contributed by atoms with van der Waals surface area (Å²) >= 11 is 1.76. The van der Waals surface area contributed by atoms with E-state index >= 15 is 0 Å². The van der Waals surface area contributed by atoms with Crippen LogP contribution in [0.25, 0.3) is 0 Å². The largest absolute Gasteiger partial charge is 0.337 e. The zero-order valence-corrected chi connectivity index (χ0v) is 9.72. The van der Waals surface area contributed by atoms with Crippen LogP contribution in [0.4, 0.5) is 0 Å². The Bertz CT molecular complexity index is 361. The molecule has 0 bridgehead atoms. The highest BCUT2D eigenvalue weighted by atomic mass is 32.1. The first kappa shape index (κ1) is 10.6. The maximum atomic E-state index is 11.6. The van der Waals surface area contributed by atoms with Crippen molar-refractivity contribution in [2.24, 2.45) is 11.7 Å². The van der Waals surface area contributed by atoms with E-state index < -0.39 is 0 Å². The summed E-state index contributed by atoms with van der Waals surface area (Å²) in [6, 6.07) is 4.20. The molecule has 2 heterocycles. The molecular weight excluding hydrogens is 208 g/mol. The van der Waals surface area contributed by atoms with Crippen LogP contribution in [0.15, 0.2) is 12.1 Å². The topological polar surface area (TPSA) is 46.3 Å². The van der Waals surface area contributed by atoms with Crippen LogP contribution in [-0.4, -0.2) is 23.9 Å². The second-order valence-corrected chi connectivity index (χ2v) is 5.46. The Kier molecular flexibility index (Phi) is 3.07. The number of thiophene rings is 1. The number of aryl methyl sites for hydroxylation is 1. The fourth-order valence-electron chi connectivity index (χ4n) is 1.92. The highest BCUT2D eigenvalue weighted by Gasteiger charge is 2.28. The van der Waals surface area contributed by atoms with Crippen LogP contribution in [0.3, 0.4) is 0 Å². The maximum Gasteiger partial charge on any atom is 0.223 e. The summed E-state index contributed by atoms with van der Waals surface area (Å²) in [4.78, 5) is 16.1. The summed E-state index contributed by atoms with van der Waals surface area (Å²) < 4.78 is 0. The lowest BCUT2D eigenvalue weighted by Gasteiger charge is -2.14. The Balaban J connectivity index is 1.98. The molecule has 0 spiro atoms. The van der Waals surface area contributed by atoms with Crippen LogP contribution in [0, 0.1) is 12.8 Å². The van der Waals surface area contributed by atoms with Crippen molar-refractivity contribution in [3.8, 4) is 0 Å². The van der Waals surface area contributed by atoms with Crippen LogP contribution < -0.4 is 5.73 Å². The van der Waals surface area contributed by atoms with E-state index in [1.54, 1.807) is 11.3 Å². The molecule has 1 aromatic heterocycles. The molecule has 15 heavy (non-hydrogen) atoms. The molecule has 1 aliphatic rings. The van der Waals surface area contributed by atoms with Crippen molar-refractivity contribution < 1.29 is 4.79 Å². The first-order valence-corrected chi connectivity index (χ1v) is 6.04. The second kappa shape index (κ2) is 4.33. The summed E-state index contributed by atoms with van der Waals surface area (Å²) in [5.41, 5.74) is 5.58. The summed E-state index contributed by atoms with van der Waals surface area (Å²) in [6.07, 6.45) is 0.626. The highest BCUT2D eigenvalue weighted by Crippen LogP contribution is 2.22. The van der Waals surface area contributed by atoms with Gasteiger partial charge in [-0.1, -0.05) is 0 Å². The molecule has 2 rings (SSSR count). The van der Waals surface area contributed by atoms with Gasteiger partial charge in [-0.3, -0.25) is 4.79 Å². The number of nitrogens with two attached hydrogens (primary N) is 1. The fourth-order valence-corrected chi connectivity index (χ4v) is 2.83. The molecule has 82 valence electrons. The van der Waals surface area contributed by atoms with Gasteiger partial charge in [0.2, 0.25) is 5.91 Å². The SMILES string of the molecule is Cc1ccc(CN2CC(CN)CC2=O)s1. The predicted octanol–water partition coefficient (Wildman–Crippen LogP) is 1.36. The van der Waals surface area contributed by atoms with E-state index in [0.29, 0.717) is 18.9 Å². The minimum absolute atomic E-state index is 0.247. The molecular formula is C11H16N2OS. The third-order valence-corrected chi connectivity index (χ3v) is 3.76. The van der Waals surface area contributed by atoms with Gasteiger partial charge in [0, 0.05) is 22.7 Å². The van der Waals surface area contributed by atoms with Crippen LogP contribution in [0.5, 0.6) is 0 Å². The van der Waals surface area contributed by atoms with E-state index in [2.05, 4.69) is 19.1 Å². The van der Waals surface area contributed by atoms with Gasteiger partial charge in [-0.25, -0.2) is 0 Å². The zero-order chi connectivity index (χ0) is 10.8. The summed E-state index contributed by atoms with van der Waals surface area (Å²) in [5, 5.41) is 0. The number of likely N-dealkylation sites (tertiary alicyclic amines) is 1. The monoisotopic (exact) mass is 224 g/mol. The lowest BCUT2D eigenvalue weighted by Crippen LogP contribution is -2.25. The Morgan fingerprint density at radius 1 is 1.60 bits per heavy atom. The Labute approximate surface area is 93.9 Å². The molecule has 2 N–H and O–H groups in total. The normalized spacial score (nSPS) is 21.3. The van der Waals surface area contributed by atoms with Crippen molar-refractivity contribution in [2.45, 2.75) is 19.9 Å². The molecule has 1 saturated heterocycles. The standard InChI is InChI=1S/C11H16N2OS/c1-8-2-3-10(15-8)7-13-6-9(5-12)4-11(13)14/h2-3,9H,4-7,12H2,1H3. The van der Waals surface area contributed by atoms with E-state index in [4.69, 9.17) is 5.73 Å². The minimum atomic E-state index is 0.247. The predicted molar refractivity (Wildman–Crippen MR) is 61.6 cm³/mol. The number of nitrogens with zero attached hydrogens (tertiary/aromatic N) is 1. The van der Waals surface area contributed by atoms with Crippen molar-refractivity contribution in [3.05, 3.63) is 21.9 Å². The molecule has 1 atom stereocenters. The molecule has 1 fully saturated rings. The van der Waals surface area contributed by atoms with Gasteiger partial charge in [0.1, 0.15) is 0 Å².